The fourth-order valence-corrected chi connectivity index (χ4v) is 2.21. The minimum Gasteiger partial charge on any atom is -0.465 e. The highest BCUT2D eigenvalue weighted by Crippen LogP contribution is 2.17. The number of carbonyl (C=O) groups excluding carboxylic acids is 1. The van der Waals surface area contributed by atoms with Gasteiger partial charge in [-0.2, -0.15) is 0 Å². The average molecular weight is 309 g/mol. The van der Waals surface area contributed by atoms with E-state index in [1.54, 1.807) is 0 Å². The van der Waals surface area contributed by atoms with Gasteiger partial charge in [0.1, 0.15) is 5.75 Å². The van der Waals surface area contributed by atoms with Crippen molar-refractivity contribution in [2.45, 2.75) is 18.9 Å². The predicted molar refractivity (Wildman–Crippen MR) is 74.9 cm³/mol. The predicted octanol–water partition coefficient (Wildman–Crippen LogP) is 1.83. The van der Waals surface area contributed by atoms with Gasteiger partial charge in [0, 0.05) is 31.3 Å². The number of carbonyl (C=O) groups is 2. The van der Waals surface area contributed by atoms with Crippen LogP contribution in [0.5, 0.6) is 5.75 Å². The smallest absolute Gasteiger partial charge is 0.412 e. The van der Waals surface area contributed by atoms with E-state index in [0.717, 1.165) is 0 Å². The van der Waals surface area contributed by atoms with Crippen LogP contribution in [0.3, 0.4) is 0 Å². The first-order valence-electron chi connectivity index (χ1n) is 6.66. The normalized spacial score (nSPS) is 17.6. The summed E-state index contributed by atoms with van der Waals surface area (Å²) in [5.74, 6) is 0.175. The lowest BCUT2D eigenvalue weighted by molar-refractivity contribution is -0.384. The van der Waals surface area contributed by atoms with Gasteiger partial charge in [-0.05, 0) is 25.0 Å². The zero-order chi connectivity index (χ0) is 16.1. The monoisotopic (exact) mass is 309 g/mol. The molecular weight excluding hydrogens is 294 g/mol. The molecule has 1 aromatic carbocycles. The molecule has 0 bridgehead atoms. The summed E-state index contributed by atoms with van der Waals surface area (Å²) in [5.41, 5.74) is -0.0999. The maximum atomic E-state index is 11.7. The number of likely N-dealkylation sites (tertiary alicyclic amines) is 1. The summed E-state index contributed by atoms with van der Waals surface area (Å²) in [5, 5.41) is 22.0. The molecular formula is C13H15N3O6. The van der Waals surface area contributed by atoms with E-state index in [-0.39, 0.29) is 24.0 Å². The molecule has 0 saturated carbocycles. The van der Waals surface area contributed by atoms with Gasteiger partial charge in [-0.1, -0.05) is 0 Å². The molecule has 2 amide bonds. The van der Waals surface area contributed by atoms with Gasteiger partial charge in [-0.15, -0.1) is 0 Å². The van der Waals surface area contributed by atoms with E-state index >= 15 is 0 Å². The summed E-state index contributed by atoms with van der Waals surface area (Å²) in [7, 11) is 0. The molecule has 22 heavy (non-hydrogen) atoms. The summed E-state index contributed by atoms with van der Waals surface area (Å²) >= 11 is 0. The van der Waals surface area contributed by atoms with Crippen molar-refractivity contribution in [2.24, 2.45) is 0 Å². The number of hydrogen-bond donors (Lipinski definition) is 2. The van der Waals surface area contributed by atoms with Crippen molar-refractivity contribution >= 4 is 17.9 Å². The minimum atomic E-state index is -1.02. The summed E-state index contributed by atoms with van der Waals surface area (Å²) in [6.45, 7) is 0.662. The largest absolute Gasteiger partial charge is 0.465 e. The van der Waals surface area contributed by atoms with Gasteiger partial charge in [-0.3, -0.25) is 10.1 Å². The van der Waals surface area contributed by atoms with Gasteiger partial charge in [0.25, 0.3) is 5.69 Å². The molecule has 0 unspecified atom stereocenters. The highest BCUT2D eigenvalue weighted by Gasteiger charge is 2.24. The molecule has 9 nitrogen and oxygen atoms in total. The van der Waals surface area contributed by atoms with Crippen molar-refractivity contribution in [2.75, 3.05) is 13.1 Å². The number of carboxylic acid groups (broad SMARTS) is 1. The second-order valence-corrected chi connectivity index (χ2v) is 4.85. The molecule has 2 rings (SSSR count). The quantitative estimate of drug-likeness (QED) is 0.648. The summed E-state index contributed by atoms with van der Waals surface area (Å²) in [6, 6.07) is 4.80. The maximum Gasteiger partial charge on any atom is 0.412 e. The van der Waals surface area contributed by atoms with Crippen LogP contribution in [-0.2, 0) is 0 Å². The zero-order valence-corrected chi connectivity index (χ0v) is 11.6. The minimum absolute atomic E-state index is 0.0999. The number of nitrogens with one attached hydrogen (secondary N) is 1. The third-order valence-electron chi connectivity index (χ3n) is 3.27. The molecule has 0 spiro atoms. The number of non-ortho nitro benzene ring substituents is 1. The molecule has 1 aliphatic rings. The topological polar surface area (TPSA) is 122 Å². The lowest BCUT2D eigenvalue weighted by Crippen LogP contribution is -2.49. The van der Waals surface area contributed by atoms with Crippen LogP contribution in [0.2, 0.25) is 0 Å². The van der Waals surface area contributed by atoms with Gasteiger partial charge >= 0.3 is 12.2 Å². The van der Waals surface area contributed by atoms with E-state index in [2.05, 4.69) is 5.32 Å². The molecule has 2 N–H and O–H groups in total. The molecule has 0 aliphatic carbocycles. The fourth-order valence-electron chi connectivity index (χ4n) is 2.21. The summed E-state index contributed by atoms with van der Waals surface area (Å²) < 4.78 is 5.01. The Labute approximate surface area is 125 Å². The second-order valence-electron chi connectivity index (χ2n) is 4.85. The number of hydrogen-bond acceptors (Lipinski definition) is 5. The van der Waals surface area contributed by atoms with Gasteiger partial charge in [0.15, 0.2) is 0 Å². The second kappa shape index (κ2) is 6.74. The number of nitro groups is 1. The van der Waals surface area contributed by atoms with E-state index in [9.17, 15) is 19.7 Å². The number of amides is 2. The SMILES string of the molecule is O=C(N[C@H]1CCCN(C(=O)O)C1)Oc1ccc([N+](=O)[O-])cc1. The van der Waals surface area contributed by atoms with Crippen molar-refractivity contribution in [1.29, 1.82) is 0 Å². The molecule has 1 heterocycles. The number of piperidine rings is 1. The van der Waals surface area contributed by atoms with Crippen LogP contribution in [0.25, 0.3) is 0 Å². The molecule has 0 radical (unpaired) electrons. The third kappa shape index (κ3) is 4.08. The van der Waals surface area contributed by atoms with E-state index in [4.69, 9.17) is 9.84 Å². The third-order valence-corrected chi connectivity index (χ3v) is 3.27. The highest BCUT2D eigenvalue weighted by molar-refractivity contribution is 5.71. The number of rotatable bonds is 3. The van der Waals surface area contributed by atoms with Crippen LogP contribution in [0.1, 0.15) is 12.8 Å². The van der Waals surface area contributed by atoms with Crippen LogP contribution in [0, 0.1) is 10.1 Å². The van der Waals surface area contributed by atoms with Crippen molar-refractivity contribution in [3.05, 3.63) is 34.4 Å². The molecule has 9 heteroatoms. The molecule has 118 valence electrons. The molecule has 1 fully saturated rings. The Morgan fingerprint density at radius 3 is 2.64 bits per heavy atom. The van der Waals surface area contributed by atoms with Crippen LogP contribution in [0.15, 0.2) is 24.3 Å². The van der Waals surface area contributed by atoms with Crippen molar-refractivity contribution in [3.63, 3.8) is 0 Å². The zero-order valence-electron chi connectivity index (χ0n) is 11.6. The number of nitro benzene ring substituents is 1. The Kier molecular flexibility index (Phi) is 4.77. The summed E-state index contributed by atoms with van der Waals surface area (Å²) in [4.78, 5) is 33.8. The Morgan fingerprint density at radius 1 is 1.36 bits per heavy atom. The Hall–Kier alpha value is -2.84. The molecule has 0 aromatic heterocycles. The van der Waals surface area contributed by atoms with E-state index in [0.29, 0.717) is 19.4 Å². The van der Waals surface area contributed by atoms with Gasteiger partial charge in [-0.25, -0.2) is 9.59 Å². The Morgan fingerprint density at radius 2 is 2.05 bits per heavy atom. The Balaban J connectivity index is 1.87. The first kappa shape index (κ1) is 15.5. The van der Waals surface area contributed by atoms with Crippen LogP contribution < -0.4 is 10.1 Å². The molecule has 1 saturated heterocycles. The van der Waals surface area contributed by atoms with Crippen LogP contribution in [-0.4, -0.2) is 46.2 Å². The van der Waals surface area contributed by atoms with Crippen molar-refractivity contribution in [3.8, 4) is 5.75 Å². The first-order valence-corrected chi connectivity index (χ1v) is 6.66. The van der Waals surface area contributed by atoms with Crippen molar-refractivity contribution < 1.29 is 24.4 Å². The van der Waals surface area contributed by atoms with Gasteiger partial charge < -0.3 is 20.1 Å². The number of benzene rings is 1. The van der Waals surface area contributed by atoms with Crippen molar-refractivity contribution in [1.82, 2.24) is 10.2 Å². The standard InChI is InChI=1S/C13H15N3O6/c17-12(14-9-2-1-7-15(8-9)13(18)19)22-11-5-3-10(4-6-11)16(20)21/h3-6,9H,1-2,7-8H2,(H,14,17)(H,18,19)/t9-/m0/s1. The van der Waals surface area contributed by atoms with E-state index in [1.807, 2.05) is 0 Å². The van der Waals surface area contributed by atoms with Crippen LogP contribution in [0.4, 0.5) is 15.3 Å². The molecule has 1 atom stereocenters. The maximum absolute atomic E-state index is 11.7. The van der Waals surface area contributed by atoms with Gasteiger partial charge in [0.05, 0.1) is 4.92 Å². The highest BCUT2D eigenvalue weighted by atomic mass is 16.6. The number of ether oxygens (including phenoxy) is 1. The first-order chi connectivity index (χ1) is 10.5. The lowest BCUT2D eigenvalue weighted by atomic mass is 10.1. The Bertz CT molecular complexity index is 574. The van der Waals surface area contributed by atoms with Gasteiger partial charge in [0.2, 0.25) is 0 Å². The lowest BCUT2D eigenvalue weighted by Gasteiger charge is -2.30. The average Bonchev–Trinajstić information content (AvgIpc) is 2.47. The number of nitrogens with zero attached hydrogens (tertiary/aromatic N) is 2. The van der Waals surface area contributed by atoms with E-state index < -0.39 is 17.1 Å². The van der Waals surface area contributed by atoms with Crippen LogP contribution >= 0.6 is 0 Å². The summed E-state index contributed by atoms with van der Waals surface area (Å²) in [6.07, 6.45) is -0.408. The molecule has 1 aliphatic heterocycles. The van der Waals surface area contributed by atoms with E-state index in [1.165, 1.54) is 29.2 Å². The molecule has 1 aromatic rings. The fraction of sp³-hybridized carbons (Fsp3) is 0.385.